The molecule has 16 heavy (non-hydrogen) atoms. The van der Waals surface area contributed by atoms with Crippen LogP contribution in [0, 0.1) is 5.92 Å². The van der Waals surface area contributed by atoms with Crippen molar-refractivity contribution in [2.45, 2.75) is 39.8 Å². The minimum Gasteiger partial charge on any atom is -0.313 e. The Labute approximate surface area is 101 Å². The Morgan fingerprint density at radius 3 is 2.50 bits per heavy atom. The Morgan fingerprint density at radius 2 is 2.00 bits per heavy atom. The molecule has 1 heterocycles. The summed E-state index contributed by atoms with van der Waals surface area (Å²) in [5, 5.41) is 3.61. The summed E-state index contributed by atoms with van der Waals surface area (Å²) in [6.45, 7) is 15.1. The highest BCUT2D eigenvalue weighted by atomic mass is 15.3. The maximum atomic E-state index is 3.61. The van der Waals surface area contributed by atoms with Gasteiger partial charge in [-0.3, -0.25) is 4.90 Å². The molecule has 2 unspecified atom stereocenters. The first-order valence-electron chi connectivity index (χ1n) is 6.70. The lowest BCUT2D eigenvalue weighted by Crippen LogP contribution is -2.55. The zero-order chi connectivity index (χ0) is 12.1. The molecule has 0 radical (unpaired) electrons. The number of likely N-dealkylation sites (N-methyl/N-ethyl adjacent to an activating group) is 2. The predicted molar refractivity (Wildman–Crippen MR) is 70.8 cm³/mol. The van der Waals surface area contributed by atoms with Gasteiger partial charge in [-0.05, 0) is 26.4 Å². The van der Waals surface area contributed by atoms with Crippen LogP contribution in [0.2, 0.25) is 0 Å². The number of nitrogens with zero attached hydrogens (tertiary/aromatic N) is 2. The van der Waals surface area contributed by atoms with E-state index in [-0.39, 0.29) is 0 Å². The van der Waals surface area contributed by atoms with Gasteiger partial charge >= 0.3 is 0 Å². The number of hydrogen-bond acceptors (Lipinski definition) is 3. The van der Waals surface area contributed by atoms with Crippen molar-refractivity contribution in [3.8, 4) is 0 Å². The standard InChI is InChI=1S/C13H29N3/c1-6-14-13(11(2)3)10-16-8-7-15(5)9-12(16)4/h11-14H,6-10H2,1-5H3. The molecule has 1 rings (SSSR count). The minimum absolute atomic E-state index is 0.635. The molecule has 3 heteroatoms. The van der Waals surface area contributed by atoms with Crippen molar-refractivity contribution in [3.63, 3.8) is 0 Å². The molecule has 0 amide bonds. The Kier molecular flexibility index (Phi) is 5.73. The molecule has 0 aromatic carbocycles. The molecule has 2 atom stereocenters. The van der Waals surface area contributed by atoms with Crippen molar-refractivity contribution in [2.24, 2.45) is 5.92 Å². The fraction of sp³-hybridized carbons (Fsp3) is 1.00. The maximum Gasteiger partial charge on any atom is 0.0217 e. The molecule has 0 spiro atoms. The van der Waals surface area contributed by atoms with Crippen molar-refractivity contribution in [2.75, 3.05) is 39.8 Å². The monoisotopic (exact) mass is 227 g/mol. The van der Waals surface area contributed by atoms with Crippen LogP contribution < -0.4 is 5.32 Å². The number of piperazine rings is 1. The van der Waals surface area contributed by atoms with Crippen LogP contribution in [0.15, 0.2) is 0 Å². The molecule has 1 aliphatic rings. The van der Waals surface area contributed by atoms with Gasteiger partial charge in [-0.1, -0.05) is 20.8 Å². The average molecular weight is 227 g/mol. The minimum atomic E-state index is 0.635. The Morgan fingerprint density at radius 1 is 1.31 bits per heavy atom. The SMILES string of the molecule is CCNC(CN1CCN(C)CC1C)C(C)C. The number of hydrogen-bond donors (Lipinski definition) is 1. The zero-order valence-electron chi connectivity index (χ0n) is 11.7. The van der Waals surface area contributed by atoms with Gasteiger partial charge in [0.05, 0.1) is 0 Å². The Hall–Kier alpha value is -0.120. The summed E-state index contributed by atoms with van der Waals surface area (Å²) in [6.07, 6.45) is 0. The van der Waals surface area contributed by atoms with E-state index in [1.807, 2.05) is 0 Å². The second-order valence-corrected chi connectivity index (χ2v) is 5.51. The largest absolute Gasteiger partial charge is 0.313 e. The molecule has 0 saturated carbocycles. The van der Waals surface area contributed by atoms with Gasteiger partial charge < -0.3 is 10.2 Å². The summed E-state index contributed by atoms with van der Waals surface area (Å²) in [5.74, 6) is 0.715. The van der Waals surface area contributed by atoms with Crippen molar-refractivity contribution >= 4 is 0 Å². The van der Waals surface area contributed by atoms with Gasteiger partial charge in [0.25, 0.3) is 0 Å². The van der Waals surface area contributed by atoms with E-state index in [0.29, 0.717) is 18.0 Å². The van der Waals surface area contributed by atoms with E-state index in [0.717, 1.165) is 6.54 Å². The molecule has 0 aromatic rings. The molecule has 1 fully saturated rings. The molecule has 0 bridgehead atoms. The lowest BCUT2D eigenvalue weighted by atomic mass is 10.0. The fourth-order valence-electron chi connectivity index (χ4n) is 2.47. The first-order chi connectivity index (χ1) is 7.54. The molecule has 1 N–H and O–H groups in total. The molecule has 3 nitrogen and oxygen atoms in total. The Balaban J connectivity index is 2.44. The third-order valence-corrected chi connectivity index (χ3v) is 3.67. The van der Waals surface area contributed by atoms with Crippen molar-refractivity contribution in [3.05, 3.63) is 0 Å². The van der Waals surface area contributed by atoms with Crippen LogP contribution in [0.4, 0.5) is 0 Å². The van der Waals surface area contributed by atoms with Crippen LogP contribution in [0.25, 0.3) is 0 Å². The lowest BCUT2D eigenvalue weighted by molar-refractivity contribution is 0.0847. The third-order valence-electron chi connectivity index (χ3n) is 3.67. The van der Waals surface area contributed by atoms with Gasteiger partial charge in [-0.15, -0.1) is 0 Å². The molecule has 1 saturated heterocycles. The second-order valence-electron chi connectivity index (χ2n) is 5.51. The first kappa shape index (κ1) is 13.9. The van der Waals surface area contributed by atoms with Crippen molar-refractivity contribution in [1.82, 2.24) is 15.1 Å². The molecular formula is C13H29N3. The fourth-order valence-corrected chi connectivity index (χ4v) is 2.47. The summed E-state index contributed by atoms with van der Waals surface area (Å²) in [5.41, 5.74) is 0. The number of rotatable bonds is 5. The van der Waals surface area contributed by atoms with E-state index in [2.05, 4.69) is 49.9 Å². The quantitative estimate of drug-likeness (QED) is 0.763. The summed E-state index contributed by atoms with van der Waals surface area (Å²) < 4.78 is 0. The first-order valence-corrected chi connectivity index (χ1v) is 6.70. The van der Waals surface area contributed by atoms with Crippen LogP contribution in [-0.2, 0) is 0 Å². The van der Waals surface area contributed by atoms with E-state index in [9.17, 15) is 0 Å². The van der Waals surface area contributed by atoms with E-state index >= 15 is 0 Å². The molecule has 0 aromatic heterocycles. The molecular weight excluding hydrogens is 198 g/mol. The van der Waals surface area contributed by atoms with E-state index in [1.165, 1.54) is 26.2 Å². The van der Waals surface area contributed by atoms with Crippen molar-refractivity contribution in [1.29, 1.82) is 0 Å². The smallest absolute Gasteiger partial charge is 0.0217 e. The zero-order valence-corrected chi connectivity index (χ0v) is 11.7. The highest BCUT2D eigenvalue weighted by Crippen LogP contribution is 2.11. The molecule has 0 aliphatic carbocycles. The maximum absolute atomic E-state index is 3.61. The van der Waals surface area contributed by atoms with Crippen LogP contribution >= 0.6 is 0 Å². The summed E-state index contributed by atoms with van der Waals surface area (Å²) in [4.78, 5) is 5.06. The highest BCUT2D eigenvalue weighted by Gasteiger charge is 2.24. The van der Waals surface area contributed by atoms with Gasteiger partial charge in [-0.25, -0.2) is 0 Å². The van der Waals surface area contributed by atoms with Crippen LogP contribution in [0.1, 0.15) is 27.7 Å². The Bertz CT molecular complexity index is 194. The van der Waals surface area contributed by atoms with Gasteiger partial charge in [0.2, 0.25) is 0 Å². The normalized spacial score (nSPS) is 26.2. The van der Waals surface area contributed by atoms with E-state index in [1.54, 1.807) is 0 Å². The van der Waals surface area contributed by atoms with Crippen LogP contribution in [-0.4, -0.2) is 61.7 Å². The summed E-state index contributed by atoms with van der Waals surface area (Å²) in [6, 6.07) is 1.33. The molecule has 96 valence electrons. The topological polar surface area (TPSA) is 18.5 Å². The van der Waals surface area contributed by atoms with Gasteiger partial charge in [0, 0.05) is 38.3 Å². The van der Waals surface area contributed by atoms with E-state index < -0.39 is 0 Å². The van der Waals surface area contributed by atoms with E-state index in [4.69, 9.17) is 0 Å². The predicted octanol–water partition coefficient (Wildman–Crippen LogP) is 1.26. The van der Waals surface area contributed by atoms with Crippen LogP contribution in [0.5, 0.6) is 0 Å². The second kappa shape index (κ2) is 6.58. The van der Waals surface area contributed by atoms with Crippen LogP contribution in [0.3, 0.4) is 0 Å². The lowest BCUT2D eigenvalue weighted by Gasteiger charge is -2.40. The van der Waals surface area contributed by atoms with Gasteiger partial charge in [0.1, 0.15) is 0 Å². The van der Waals surface area contributed by atoms with Gasteiger partial charge in [0.15, 0.2) is 0 Å². The van der Waals surface area contributed by atoms with Gasteiger partial charge in [-0.2, -0.15) is 0 Å². The molecule has 1 aliphatic heterocycles. The van der Waals surface area contributed by atoms with Crippen molar-refractivity contribution < 1.29 is 0 Å². The number of nitrogens with one attached hydrogen (secondary N) is 1. The summed E-state index contributed by atoms with van der Waals surface area (Å²) >= 11 is 0. The summed E-state index contributed by atoms with van der Waals surface area (Å²) in [7, 11) is 2.22. The highest BCUT2D eigenvalue weighted by molar-refractivity contribution is 4.82. The third kappa shape index (κ3) is 4.04. The average Bonchev–Trinajstić information content (AvgIpc) is 2.20.